The Labute approximate surface area is 131 Å². The third-order valence-corrected chi connectivity index (χ3v) is 4.57. The van der Waals surface area contributed by atoms with Crippen LogP contribution in [0.1, 0.15) is 22.9 Å². The average molecular weight is 300 g/mol. The van der Waals surface area contributed by atoms with Gasteiger partial charge in [-0.15, -0.1) is 0 Å². The van der Waals surface area contributed by atoms with E-state index < -0.39 is 0 Å². The van der Waals surface area contributed by atoms with Gasteiger partial charge in [0.1, 0.15) is 5.75 Å². The topological polar surface area (TPSA) is 42.3 Å². The Balaban J connectivity index is 1.79. The summed E-state index contributed by atoms with van der Waals surface area (Å²) in [5, 5.41) is 7.86. The maximum absolute atomic E-state index is 5.26. The van der Waals surface area contributed by atoms with Gasteiger partial charge >= 0.3 is 0 Å². The Hall–Kier alpha value is -1.85. The quantitative estimate of drug-likeness (QED) is 0.936. The second-order valence-corrected chi connectivity index (χ2v) is 5.84. The van der Waals surface area contributed by atoms with Crippen LogP contribution >= 0.6 is 0 Å². The molecule has 0 saturated carbocycles. The van der Waals surface area contributed by atoms with E-state index in [1.165, 1.54) is 16.8 Å². The van der Waals surface area contributed by atoms with Gasteiger partial charge in [0.25, 0.3) is 0 Å². The van der Waals surface area contributed by atoms with Crippen LogP contribution in [0.5, 0.6) is 5.75 Å². The molecule has 0 aliphatic carbocycles. The van der Waals surface area contributed by atoms with Crippen molar-refractivity contribution >= 4 is 0 Å². The van der Waals surface area contributed by atoms with Crippen LogP contribution in [0.2, 0.25) is 0 Å². The van der Waals surface area contributed by atoms with Crippen molar-refractivity contribution < 1.29 is 4.74 Å². The van der Waals surface area contributed by atoms with Gasteiger partial charge in [-0.05, 0) is 24.6 Å². The van der Waals surface area contributed by atoms with Crippen molar-refractivity contribution in [1.82, 2.24) is 20.0 Å². The lowest BCUT2D eigenvalue weighted by Crippen LogP contribution is -2.45. The molecule has 1 N–H and O–H groups in total. The summed E-state index contributed by atoms with van der Waals surface area (Å²) in [6.45, 7) is 6.13. The van der Waals surface area contributed by atoms with Gasteiger partial charge < -0.3 is 10.1 Å². The fourth-order valence-electron chi connectivity index (χ4n) is 3.01. The first-order valence-electron chi connectivity index (χ1n) is 7.75. The van der Waals surface area contributed by atoms with Gasteiger partial charge in [-0.1, -0.05) is 12.1 Å². The van der Waals surface area contributed by atoms with E-state index in [4.69, 9.17) is 4.74 Å². The monoisotopic (exact) mass is 300 g/mol. The SMILES string of the molecule is COc1ccc([C@H]2CNCCN2Cc2cnn(C)c2C)cc1. The van der Waals surface area contributed by atoms with Crippen molar-refractivity contribution in [3.63, 3.8) is 0 Å². The molecule has 0 spiro atoms. The van der Waals surface area contributed by atoms with E-state index in [1.807, 2.05) is 30.1 Å². The van der Waals surface area contributed by atoms with Crippen molar-refractivity contribution in [2.24, 2.45) is 7.05 Å². The summed E-state index contributed by atoms with van der Waals surface area (Å²) < 4.78 is 7.20. The minimum atomic E-state index is 0.388. The number of benzene rings is 1. The molecular formula is C17H24N4O. The molecule has 0 bridgehead atoms. The molecule has 0 radical (unpaired) electrons. The largest absolute Gasteiger partial charge is 0.497 e. The zero-order chi connectivity index (χ0) is 15.5. The fraction of sp³-hybridized carbons (Fsp3) is 0.471. The highest BCUT2D eigenvalue weighted by atomic mass is 16.5. The predicted molar refractivity (Wildman–Crippen MR) is 87.0 cm³/mol. The molecule has 1 aliphatic rings. The Morgan fingerprint density at radius 2 is 2.09 bits per heavy atom. The minimum Gasteiger partial charge on any atom is -0.497 e. The summed E-state index contributed by atoms with van der Waals surface area (Å²) in [5.74, 6) is 0.905. The van der Waals surface area contributed by atoms with Crippen molar-refractivity contribution in [2.45, 2.75) is 19.5 Å². The Morgan fingerprint density at radius 3 is 2.73 bits per heavy atom. The summed E-state index contributed by atoms with van der Waals surface area (Å²) in [6, 6.07) is 8.80. The fourth-order valence-corrected chi connectivity index (χ4v) is 3.01. The molecule has 1 fully saturated rings. The third-order valence-electron chi connectivity index (χ3n) is 4.57. The minimum absolute atomic E-state index is 0.388. The van der Waals surface area contributed by atoms with E-state index in [1.54, 1.807) is 7.11 Å². The Kier molecular flexibility index (Phi) is 4.45. The van der Waals surface area contributed by atoms with Gasteiger partial charge in [-0.25, -0.2) is 0 Å². The smallest absolute Gasteiger partial charge is 0.118 e. The first-order valence-corrected chi connectivity index (χ1v) is 7.75. The first kappa shape index (κ1) is 15.1. The van der Waals surface area contributed by atoms with Crippen LogP contribution in [0.4, 0.5) is 0 Å². The molecule has 2 heterocycles. The molecule has 1 aromatic carbocycles. The molecule has 1 aromatic heterocycles. The summed E-state index contributed by atoms with van der Waals surface area (Å²) in [6.07, 6.45) is 1.99. The number of hydrogen-bond acceptors (Lipinski definition) is 4. The van der Waals surface area contributed by atoms with Gasteiger partial charge in [0, 0.05) is 50.5 Å². The number of nitrogens with zero attached hydrogens (tertiary/aromatic N) is 3. The second-order valence-electron chi connectivity index (χ2n) is 5.84. The average Bonchev–Trinajstić information content (AvgIpc) is 2.88. The summed E-state index contributed by atoms with van der Waals surface area (Å²) in [4.78, 5) is 2.53. The summed E-state index contributed by atoms with van der Waals surface area (Å²) >= 11 is 0. The van der Waals surface area contributed by atoms with Gasteiger partial charge in [0.2, 0.25) is 0 Å². The number of methoxy groups -OCH3 is 1. The number of piperazine rings is 1. The van der Waals surface area contributed by atoms with Gasteiger partial charge in [0.15, 0.2) is 0 Å². The van der Waals surface area contributed by atoms with Crippen molar-refractivity contribution in [1.29, 1.82) is 0 Å². The molecular weight excluding hydrogens is 276 g/mol. The lowest BCUT2D eigenvalue weighted by Gasteiger charge is -2.36. The van der Waals surface area contributed by atoms with Crippen LogP contribution in [-0.4, -0.2) is 41.4 Å². The molecule has 5 nitrogen and oxygen atoms in total. The number of aromatic nitrogens is 2. The third kappa shape index (κ3) is 3.00. The molecule has 5 heteroatoms. The Morgan fingerprint density at radius 1 is 1.32 bits per heavy atom. The number of nitrogens with one attached hydrogen (secondary N) is 1. The van der Waals surface area contributed by atoms with E-state index in [2.05, 4.69) is 34.4 Å². The second kappa shape index (κ2) is 6.50. The van der Waals surface area contributed by atoms with Gasteiger partial charge in [-0.3, -0.25) is 9.58 Å². The highest BCUT2D eigenvalue weighted by Crippen LogP contribution is 2.26. The molecule has 1 aliphatic heterocycles. The maximum atomic E-state index is 5.26. The van der Waals surface area contributed by atoms with E-state index in [0.717, 1.165) is 31.9 Å². The number of aryl methyl sites for hydroxylation is 1. The maximum Gasteiger partial charge on any atom is 0.118 e. The molecule has 0 amide bonds. The molecule has 2 aromatic rings. The van der Waals surface area contributed by atoms with E-state index >= 15 is 0 Å². The van der Waals surface area contributed by atoms with Crippen LogP contribution in [0.15, 0.2) is 30.5 Å². The van der Waals surface area contributed by atoms with Crippen LogP contribution < -0.4 is 10.1 Å². The molecule has 22 heavy (non-hydrogen) atoms. The van der Waals surface area contributed by atoms with E-state index in [-0.39, 0.29) is 0 Å². The highest BCUT2D eigenvalue weighted by Gasteiger charge is 2.24. The van der Waals surface area contributed by atoms with E-state index in [9.17, 15) is 0 Å². The van der Waals surface area contributed by atoms with Crippen LogP contribution in [-0.2, 0) is 13.6 Å². The standard InChI is InChI=1S/C17H24N4O/c1-13-15(10-19-20(13)2)12-21-9-8-18-11-17(21)14-4-6-16(22-3)7-5-14/h4-7,10,17-18H,8-9,11-12H2,1-3H3/t17-/m1/s1. The zero-order valence-electron chi connectivity index (χ0n) is 13.5. The normalized spacial score (nSPS) is 19.3. The lowest BCUT2D eigenvalue weighted by atomic mass is 10.0. The zero-order valence-corrected chi connectivity index (χ0v) is 13.5. The molecule has 1 atom stereocenters. The van der Waals surface area contributed by atoms with E-state index in [0.29, 0.717) is 6.04 Å². The number of hydrogen-bond donors (Lipinski definition) is 1. The lowest BCUT2D eigenvalue weighted by molar-refractivity contribution is 0.153. The van der Waals surface area contributed by atoms with Crippen LogP contribution in [0, 0.1) is 6.92 Å². The van der Waals surface area contributed by atoms with Gasteiger partial charge in [0.05, 0.1) is 13.3 Å². The number of rotatable bonds is 4. The predicted octanol–water partition coefficient (Wildman–Crippen LogP) is 1.88. The van der Waals surface area contributed by atoms with Crippen LogP contribution in [0.25, 0.3) is 0 Å². The Bertz CT molecular complexity index is 620. The number of ether oxygens (including phenoxy) is 1. The van der Waals surface area contributed by atoms with Crippen molar-refractivity contribution in [3.8, 4) is 5.75 Å². The van der Waals surface area contributed by atoms with Crippen molar-refractivity contribution in [3.05, 3.63) is 47.3 Å². The summed E-state index contributed by atoms with van der Waals surface area (Å²) in [7, 11) is 3.70. The first-order chi connectivity index (χ1) is 10.7. The molecule has 118 valence electrons. The van der Waals surface area contributed by atoms with Gasteiger partial charge in [-0.2, -0.15) is 5.10 Å². The molecule has 0 unspecified atom stereocenters. The van der Waals surface area contributed by atoms with Crippen LogP contribution in [0.3, 0.4) is 0 Å². The molecule has 1 saturated heterocycles. The molecule has 3 rings (SSSR count). The van der Waals surface area contributed by atoms with Crippen molar-refractivity contribution in [2.75, 3.05) is 26.7 Å². The summed E-state index contributed by atoms with van der Waals surface area (Å²) in [5.41, 5.74) is 3.88. The highest BCUT2D eigenvalue weighted by molar-refractivity contribution is 5.30.